The van der Waals surface area contributed by atoms with Crippen molar-refractivity contribution in [3.8, 4) is 0 Å². The minimum absolute atomic E-state index is 0.0964. The van der Waals surface area contributed by atoms with Crippen LogP contribution >= 0.6 is 0 Å². The molecule has 0 heterocycles. The summed E-state index contributed by atoms with van der Waals surface area (Å²) in [5, 5.41) is 13.3. The molecule has 0 saturated heterocycles. The molecule has 108 valence electrons. The Labute approximate surface area is 120 Å². The summed E-state index contributed by atoms with van der Waals surface area (Å²) in [5.74, 6) is -1.24. The van der Waals surface area contributed by atoms with Gasteiger partial charge in [-0.15, -0.1) is 0 Å². The van der Waals surface area contributed by atoms with Gasteiger partial charge in [-0.05, 0) is 31.0 Å². The van der Waals surface area contributed by atoms with Crippen LogP contribution in [0.15, 0.2) is 36.4 Å². The van der Waals surface area contributed by atoms with E-state index >= 15 is 0 Å². The minimum atomic E-state index is -0.639. The molecular weight excluding hydrogens is 275 g/mol. The van der Waals surface area contributed by atoms with E-state index in [2.05, 4.69) is 5.32 Å². The lowest BCUT2D eigenvalue weighted by atomic mass is 10.1. The first-order valence-corrected chi connectivity index (χ1v) is 6.21. The molecule has 0 spiro atoms. The lowest BCUT2D eigenvalue weighted by Crippen LogP contribution is -2.15. The van der Waals surface area contributed by atoms with Crippen LogP contribution in [-0.4, -0.2) is 10.8 Å². The van der Waals surface area contributed by atoms with Gasteiger partial charge in [0, 0.05) is 12.1 Å². The van der Waals surface area contributed by atoms with Crippen LogP contribution in [0, 0.1) is 29.8 Å². The van der Waals surface area contributed by atoms with Gasteiger partial charge in [-0.2, -0.15) is 0 Å². The van der Waals surface area contributed by atoms with Gasteiger partial charge in [-0.25, -0.2) is 4.39 Å². The largest absolute Gasteiger partial charge is 0.321 e. The molecule has 0 atom stereocenters. The highest BCUT2D eigenvalue weighted by Gasteiger charge is 2.16. The van der Waals surface area contributed by atoms with Gasteiger partial charge in [0.05, 0.1) is 16.2 Å². The van der Waals surface area contributed by atoms with Gasteiger partial charge in [0.25, 0.3) is 11.6 Å². The number of nitro benzene ring substituents is 1. The summed E-state index contributed by atoms with van der Waals surface area (Å²) in [6.07, 6.45) is 0. The van der Waals surface area contributed by atoms with Crippen molar-refractivity contribution in [3.63, 3.8) is 0 Å². The first-order chi connectivity index (χ1) is 9.90. The molecule has 0 fully saturated rings. The number of carbonyl (C=O) groups is 1. The molecule has 2 rings (SSSR count). The van der Waals surface area contributed by atoms with Crippen molar-refractivity contribution >= 4 is 17.3 Å². The maximum absolute atomic E-state index is 13.9. The average molecular weight is 288 g/mol. The minimum Gasteiger partial charge on any atom is -0.321 e. The molecule has 0 aromatic heterocycles. The summed E-state index contributed by atoms with van der Waals surface area (Å²) in [6.45, 7) is 3.26. The van der Waals surface area contributed by atoms with E-state index in [1.807, 2.05) is 0 Å². The van der Waals surface area contributed by atoms with Crippen molar-refractivity contribution in [1.29, 1.82) is 0 Å². The molecule has 1 amide bonds. The van der Waals surface area contributed by atoms with Crippen molar-refractivity contribution in [2.24, 2.45) is 0 Å². The Balaban J connectivity index is 2.33. The SMILES string of the molecule is Cc1ccc([N+](=O)[O-])cc1NC(=O)c1cccc(C)c1F. The number of hydrogen-bond donors (Lipinski definition) is 1. The number of anilines is 1. The van der Waals surface area contributed by atoms with E-state index in [9.17, 15) is 19.3 Å². The summed E-state index contributed by atoms with van der Waals surface area (Å²) in [5.41, 5.74) is 1.07. The van der Waals surface area contributed by atoms with Gasteiger partial charge in [0.15, 0.2) is 0 Å². The predicted molar refractivity (Wildman–Crippen MR) is 76.9 cm³/mol. The Hall–Kier alpha value is -2.76. The van der Waals surface area contributed by atoms with Crippen LogP contribution in [0.3, 0.4) is 0 Å². The van der Waals surface area contributed by atoms with Crippen molar-refractivity contribution in [2.75, 3.05) is 5.32 Å². The van der Waals surface area contributed by atoms with E-state index < -0.39 is 16.6 Å². The molecule has 21 heavy (non-hydrogen) atoms. The van der Waals surface area contributed by atoms with Crippen LogP contribution in [0.1, 0.15) is 21.5 Å². The molecule has 1 N–H and O–H groups in total. The molecule has 2 aromatic carbocycles. The van der Waals surface area contributed by atoms with Gasteiger partial charge in [0.2, 0.25) is 0 Å². The smallest absolute Gasteiger partial charge is 0.271 e. The first-order valence-electron chi connectivity index (χ1n) is 6.21. The number of hydrogen-bond acceptors (Lipinski definition) is 3. The fourth-order valence-electron chi connectivity index (χ4n) is 1.87. The molecular formula is C15H13FN2O3. The Bertz CT molecular complexity index is 729. The number of aryl methyl sites for hydroxylation is 2. The lowest BCUT2D eigenvalue weighted by Gasteiger charge is -2.09. The Morgan fingerprint density at radius 1 is 1.19 bits per heavy atom. The van der Waals surface area contributed by atoms with Crippen LogP contribution in [0.5, 0.6) is 0 Å². The summed E-state index contributed by atoms with van der Waals surface area (Å²) < 4.78 is 13.9. The Kier molecular flexibility index (Phi) is 3.98. The predicted octanol–water partition coefficient (Wildman–Crippen LogP) is 3.60. The topological polar surface area (TPSA) is 72.2 Å². The van der Waals surface area contributed by atoms with Crippen LogP contribution in [0.4, 0.5) is 15.8 Å². The lowest BCUT2D eigenvalue weighted by molar-refractivity contribution is -0.384. The monoisotopic (exact) mass is 288 g/mol. The summed E-state index contributed by atoms with van der Waals surface area (Å²) in [6, 6.07) is 8.63. The second-order valence-corrected chi connectivity index (χ2v) is 4.65. The van der Waals surface area contributed by atoms with Gasteiger partial charge in [0.1, 0.15) is 5.82 Å². The number of non-ortho nitro benzene ring substituents is 1. The highest BCUT2D eigenvalue weighted by molar-refractivity contribution is 6.05. The Morgan fingerprint density at radius 2 is 1.90 bits per heavy atom. The third kappa shape index (κ3) is 3.05. The van der Waals surface area contributed by atoms with E-state index in [-0.39, 0.29) is 16.9 Å². The molecule has 0 aliphatic carbocycles. The van der Waals surface area contributed by atoms with Crippen molar-refractivity contribution < 1.29 is 14.1 Å². The standard InChI is InChI=1S/C15H13FN2O3/c1-9-6-7-11(18(20)21)8-13(9)17-15(19)12-5-3-4-10(2)14(12)16/h3-8H,1-2H3,(H,17,19). The molecule has 2 aromatic rings. The van der Waals surface area contributed by atoms with Crippen LogP contribution < -0.4 is 5.32 Å². The summed E-state index contributed by atoms with van der Waals surface area (Å²) in [7, 11) is 0. The number of carbonyl (C=O) groups excluding carboxylic acids is 1. The quantitative estimate of drug-likeness (QED) is 0.692. The number of amides is 1. The van der Waals surface area contributed by atoms with E-state index in [4.69, 9.17) is 0 Å². The molecule has 0 bridgehead atoms. The van der Waals surface area contributed by atoms with Gasteiger partial charge in [-0.1, -0.05) is 18.2 Å². The number of nitrogens with zero attached hydrogens (tertiary/aromatic N) is 1. The second-order valence-electron chi connectivity index (χ2n) is 4.65. The summed E-state index contributed by atoms with van der Waals surface area (Å²) >= 11 is 0. The third-order valence-corrected chi connectivity index (χ3v) is 3.12. The zero-order valence-electron chi connectivity index (χ0n) is 11.5. The number of nitro groups is 1. The second kappa shape index (κ2) is 5.70. The molecule has 0 aliphatic rings. The third-order valence-electron chi connectivity index (χ3n) is 3.12. The number of nitrogens with one attached hydrogen (secondary N) is 1. The maximum Gasteiger partial charge on any atom is 0.271 e. The molecule has 6 heteroatoms. The van der Waals surface area contributed by atoms with E-state index in [1.54, 1.807) is 26.0 Å². The number of halogens is 1. The zero-order valence-corrected chi connectivity index (χ0v) is 11.5. The van der Waals surface area contributed by atoms with E-state index in [0.29, 0.717) is 11.1 Å². The first kappa shape index (κ1) is 14.6. The Morgan fingerprint density at radius 3 is 2.57 bits per heavy atom. The molecule has 0 radical (unpaired) electrons. The van der Waals surface area contributed by atoms with Gasteiger partial charge >= 0.3 is 0 Å². The van der Waals surface area contributed by atoms with E-state index in [0.717, 1.165) is 0 Å². The average Bonchev–Trinajstić information content (AvgIpc) is 2.43. The highest BCUT2D eigenvalue weighted by atomic mass is 19.1. The van der Waals surface area contributed by atoms with Crippen LogP contribution in [0.25, 0.3) is 0 Å². The normalized spacial score (nSPS) is 10.2. The zero-order chi connectivity index (χ0) is 15.6. The molecule has 0 saturated carbocycles. The van der Waals surface area contributed by atoms with E-state index in [1.165, 1.54) is 24.3 Å². The van der Waals surface area contributed by atoms with Crippen molar-refractivity contribution in [2.45, 2.75) is 13.8 Å². The molecule has 0 aliphatic heterocycles. The van der Waals surface area contributed by atoms with Gasteiger partial charge < -0.3 is 5.32 Å². The fraction of sp³-hybridized carbons (Fsp3) is 0.133. The van der Waals surface area contributed by atoms with Crippen LogP contribution in [-0.2, 0) is 0 Å². The van der Waals surface area contributed by atoms with Crippen molar-refractivity contribution in [1.82, 2.24) is 0 Å². The highest BCUT2D eigenvalue weighted by Crippen LogP contribution is 2.23. The fourth-order valence-corrected chi connectivity index (χ4v) is 1.87. The molecule has 0 unspecified atom stereocenters. The van der Waals surface area contributed by atoms with Gasteiger partial charge in [-0.3, -0.25) is 14.9 Å². The summed E-state index contributed by atoms with van der Waals surface area (Å²) in [4.78, 5) is 22.3. The van der Waals surface area contributed by atoms with Crippen LogP contribution in [0.2, 0.25) is 0 Å². The maximum atomic E-state index is 13.9. The van der Waals surface area contributed by atoms with Crippen molar-refractivity contribution in [3.05, 3.63) is 69.0 Å². The number of rotatable bonds is 3. The number of benzene rings is 2. The molecule has 5 nitrogen and oxygen atoms in total.